The van der Waals surface area contributed by atoms with Crippen molar-refractivity contribution in [2.75, 3.05) is 6.54 Å². The van der Waals surface area contributed by atoms with Crippen LogP contribution < -0.4 is 5.32 Å². The van der Waals surface area contributed by atoms with Gasteiger partial charge in [-0.1, -0.05) is 30.3 Å². The molecule has 0 saturated carbocycles. The Bertz CT molecular complexity index is 782. The van der Waals surface area contributed by atoms with Gasteiger partial charge in [-0.05, 0) is 24.1 Å². The zero-order valence-electron chi connectivity index (χ0n) is 11.3. The highest BCUT2D eigenvalue weighted by molar-refractivity contribution is 6.05. The quantitative estimate of drug-likeness (QED) is 0.773. The minimum Gasteiger partial charge on any atom is -0.352 e. The van der Waals surface area contributed by atoms with E-state index in [1.54, 1.807) is 30.5 Å². The Balaban J connectivity index is 1.67. The maximum Gasteiger partial charge on any atom is 0.253 e. The Morgan fingerprint density at radius 2 is 2.05 bits per heavy atom. The third-order valence-corrected chi connectivity index (χ3v) is 3.36. The second-order valence-electron chi connectivity index (χ2n) is 4.74. The SMILES string of the molecule is O=C(NCCc1ccccc1F)c1cccc2cn[nH]c12. The summed E-state index contributed by atoms with van der Waals surface area (Å²) in [6.07, 6.45) is 2.13. The molecule has 1 aromatic heterocycles. The molecule has 0 aliphatic rings. The lowest BCUT2D eigenvalue weighted by molar-refractivity contribution is 0.0955. The predicted octanol–water partition coefficient (Wildman–Crippen LogP) is 2.67. The van der Waals surface area contributed by atoms with Gasteiger partial charge < -0.3 is 5.32 Å². The van der Waals surface area contributed by atoms with Crippen LogP contribution in [0.15, 0.2) is 48.7 Å². The molecule has 21 heavy (non-hydrogen) atoms. The maximum absolute atomic E-state index is 13.5. The number of hydrogen-bond donors (Lipinski definition) is 2. The smallest absolute Gasteiger partial charge is 0.253 e. The summed E-state index contributed by atoms with van der Waals surface area (Å²) < 4.78 is 13.5. The highest BCUT2D eigenvalue weighted by atomic mass is 19.1. The first-order valence-electron chi connectivity index (χ1n) is 6.69. The number of para-hydroxylation sites is 1. The number of aromatic nitrogens is 2. The molecule has 2 N–H and O–H groups in total. The van der Waals surface area contributed by atoms with Crippen LogP contribution in [0, 0.1) is 5.82 Å². The average Bonchev–Trinajstić information content (AvgIpc) is 2.97. The number of rotatable bonds is 4. The first-order chi connectivity index (χ1) is 10.3. The molecule has 0 aliphatic carbocycles. The fourth-order valence-electron chi connectivity index (χ4n) is 2.27. The fraction of sp³-hybridized carbons (Fsp3) is 0.125. The van der Waals surface area contributed by atoms with Crippen LogP contribution in [-0.4, -0.2) is 22.6 Å². The lowest BCUT2D eigenvalue weighted by Gasteiger charge is -2.07. The van der Waals surface area contributed by atoms with Crippen LogP contribution in [0.3, 0.4) is 0 Å². The van der Waals surface area contributed by atoms with Crippen LogP contribution in [0.2, 0.25) is 0 Å². The molecule has 106 valence electrons. The van der Waals surface area contributed by atoms with Crippen LogP contribution >= 0.6 is 0 Å². The summed E-state index contributed by atoms with van der Waals surface area (Å²) in [5.41, 5.74) is 1.84. The van der Waals surface area contributed by atoms with Gasteiger partial charge in [0.1, 0.15) is 5.82 Å². The third-order valence-electron chi connectivity index (χ3n) is 3.36. The Labute approximate surface area is 121 Å². The van der Waals surface area contributed by atoms with Gasteiger partial charge in [0.15, 0.2) is 0 Å². The van der Waals surface area contributed by atoms with Crippen molar-refractivity contribution in [1.82, 2.24) is 15.5 Å². The van der Waals surface area contributed by atoms with E-state index in [0.717, 1.165) is 5.39 Å². The Hall–Kier alpha value is -2.69. The van der Waals surface area contributed by atoms with Crippen LogP contribution in [0.1, 0.15) is 15.9 Å². The van der Waals surface area contributed by atoms with Gasteiger partial charge in [0.25, 0.3) is 5.91 Å². The highest BCUT2D eigenvalue weighted by Gasteiger charge is 2.10. The van der Waals surface area contributed by atoms with Gasteiger partial charge in [-0.25, -0.2) is 4.39 Å². The van der Waals surface area contributed by atoms with Crippen molar-refractivity contribution in [3.05, 3.63) is 65.6 Å². The number of carbonyl (C=O) groups is 1. The van der Waals surface area contributed by atoms with E-state index >= 15 is 0 Å². The molecule has 0 aliphatic heterocycles. The van der Waals surface area contributed by atoms with Crippen molar-refractivity contribution in [3.8, 4) is 0 Å². The number of benzene rings is 2. The van der Waals surface area contributed by atoms with Crippen LogP contribution in [0.25, 0.3) is 10.9 Å². The maximum atomic E-state index is 13.5. The molecule has 2 aromatic carbocycles. The first kappa shape index (κ1) is 13.3. The molecule has 1 heterocycles. The van der Waals surface area contributed by atoms with Crippen LogP contribution in [-0.2, 0) is 6.42 Å². The number of carbonyl (C=O) groups excluding carboxylic acids is 1. The second-order valence-corrected chi connectivity index (χ2v) is 4.74. The third kappa shape index (κ3) is 2.76. The number of amides is 1. The van der Waals surface area contributed by atoms with E-state index in [-0.39, 0.29) is 11.7 Å². The largest absolute Gasteiger partial charge is 0.352 e. The van der Waals surface area contributed by atoms with E-state index in [1.165, 1.54) is 6.07 Å². The summed E-state index contributed by atoms with van der Waals surface area (Å²) in [5, 5.41) is 10.4. The van der Waals surface area contributed by atoms with Gasteiger partial charge in [-0.2, -0.15) is 5.10 Å². The van der Waals surface area contributed by atoms with E-state index in [9.17, 15) is 9.18 Å². The van der Waals surface area contributed by atoms with Gasteiger partial charge in [-0.3, -0.25) is 9.89 Å². The molecule has 0 bridgehead atoms. The number of nitrogens with zero attached hydrogens (tertiary/aromatic N) is 1. The normalized spacial score (nSPS) is 10.7. The summed E-state index contributed by atoms with van der Waals surface area (Å²) in [5.74, 6) is -0.441. The number of hydrogen-bond acceptors (Lipinski definition) is 2. The van der Waals surface area contributed by atoms with Gasteiger partial charge in [-0.15, -0.1) is 0 Å². The van der Waals surface area contributed by atoms with Gasteiger partial charge in [0.2, 0.25) is 0 Å². The molecule has 3 rings (SSSR count). The first-order valence-corrected chi connectivity index (χ1v) is 6.69. The lowest BCUT2D eigenvalue weighted by atomic mass is 10.1. The minimum absolute atomic E-state index is 0.193. The lowest BCUT2D eigenvalue weighted by Crippen LogP contribution is -2.26. The summed E-state index contributed by atoms with van der Waals surface area (Å²) in [7, 11) is 0. The fourth-order valence-corrected chi connectivity index (χ4v) is 2.27. The monoisotopic (exact) mass is 283 g/mol. The topological polar surface area (TPSA) is 57.8 Å². The number of halogens is 1. The summed E-state index contributed by atoms with van der Waals surface area (Å²) in [4.78, 5) is 12.2. The number of aromatic amines is 1. The van der Waals surface area contributed by atoms with Crippen molar-refractivity contribution >= 4 is 16.8 Å². The van der Waals surface area contributed by atoms with Crippen molar-refractivity contribution in [2.45, 2.75) is 6.42 Å². The molecule has 1 amide bonds. The molecule has 3 aromatic rings. The molecule has 0 spiro atoms. The second kappa shape index (κ2) is 5.75. The zero-order chi connectivity index (χ0) is 14.7. The molecule has 0 saturated heterocycles. The van der Waals surface area contributed by atoms with Gasteiger partial charge in [0.05, 0.1) is 17.3 Å². The number of H-pyrrole nitrogens is 1. The summed E-state index contributed by atoms with van der Waals surface area (Å²) in [6, 6.07) is 12.0. The van der Waals surface area contributed by atoms with Crippen molar-refractivity contribution in [1.29, 1.82) is 0 Å². The van der Waals surface area contributed by atoms with E-state index in [4.69, 9.17) is 0 Å². The van der Waals surface area contributed by atoms with E-state index in [1.807, 2.05) is 12.1 Å². The van der Waals surface area contributed by atoms with E-state index in [2.05, 4.69) is 15.5 Å². The summed E-state index contributed by atoms with van der Waals surface area (Å²) >= 11 is 0. The molecule has 0 atom stereocenters. The van der Waals surface area contributed by atoms with Crippen LogP contribution in [0.5, 0.6) is 0 Å². The Kier molecular flexibility index (Phi) is 3.64. The predicted molar refractivity (Wildman–Crippen MR) is 78.5 cm³/mol. The Morgan fingerprint density at radius 3 is 2.90 bits per heavy atom. The van der Waals surface area contributed by atoms with E-state index < -0.39 is 0 Å². The Morgan fingerprint density at radius 1 is 1.19 bits per heavy atom. The molecule has 4 nitrogen and oxygen atoms in total. The van der Waals surface area contributed by atoms with Crippen molar-refractivity contribution < 1.29 is 9.18 Å². The number of nitrogens with one attached hydrogen (secondary N) is 2. The van der Waals surface area contributed by atoms with Gasteiger partial charge >= 0.3 is 0 Å². The average molecular weight is 283 g/mol. The summed E-state index contributed by atoms with van der Waals surface area (Å²) in [6.45, 7) is 0.379. The highest BCUT2D eigenvalue weighted by Crippen LogP contribution is 2.15. The number of fused-ring (bicyclic) bond motifs is 1. The van der Waals surface area contributed by atoms with Crippen molar-refractivity contribution in [2.24, 2.45) is 0 Å². The standard InChI is InChI=1S/C16H14FN3O/c17-14-7-2-1-4-11(14)8-9-18-16(21)13-6-3-5-12-10-19-20-15(12)13/h1-7,10H,8-9H2,(H,18,21)(H,19,20). The molecule has 5 heteroatoms. The van der Waals surface area contributed by atoms with Crippen LogP contribution in [0.4, 0.5) is 4.39 Å². The van der Waals surface area contributed by atoms with E-state index in [0.29, 0.717) is 29.6 Å². The molecule has 0 fully saturated rings. The minimum atomic E-state index is -0.248. The van der Waals surface area contributed by atoms with Crippen molar-refractivity contribution in [3.63, 3.8) is 0 Å². The molecular weight excluding hydrogens is 269 g/mol. The zero-order valence-corrected chi connectivity index (χ0v) is 11.3. The van der Waals surface area contributed by atoms with Gasteiger partial charge in [0, 0.05) is 11.9 Å². The molecule has 0 unspecified atom stereocenters. The molecular formula is C16H14FN3O. The molecule has 0 radical (unpaired) electrons.